The molecule has 1 saturated heterocycles. The number of benzene rings is 2. The van der Waals surface area contributed by atoms with Gasteiger partial charge in [0.1, 0.15) is 6.61 Å². The van der Waals surface area contributed by atoms with Crippen LogP contribution in [0.15, 0.2) is 60.9 Å². The van der Waals surface area contributed by atoms with Crippen molar-refractivity contribution < 1.29 is 28.5 Å². The number of pyridine rings is 1. The first kappa shape index (κ1) is 23.9. The van der Waals surface area contributed by atoms with Crippen LogP contribution in [0.25, 0.3) is 0 Å². The molecule has 1 aliphatic heterocycles. The molecule has 4 rings (SSSR count). The molecule has 9 heteroatoms. The van der Waals surface area contributed by atoms with Crippen LogP contribution >= 0.6 is 0 Å². The van der Waals surface area contributed by atoms with Crippen molar-refractivity contribution in [2.45, 2.75) is 13.0 Å². The summed E-state index contributed by atoms with van der Waals surface area (Å²) in [4.78, 5) is 31.3. The Morgan fingerprint density at radius 1 is 1.00 bits per heavy atom. The molecule has 1 atom stereocenters. The largest absolute Gasteiger partial charge is 0.493 e. The Kier molecular flexibility index (Phi) is 7.35. The number of carbonyl (C=O) groups is 2. The highest BCUT2D eigenvalue weighted by Gasteiger charge is 2.35. The monoisotopic (exact) mass is 477 g/mol. The molecule has 0 spiro atoms. The van der Waals surface area contributed by atoms with Crippen LogP contribution in [0, 0.1) is 5.92 Å². The third kappa shape index (κ3) is 5.46. The number of hydrogen-bond acceptors (Lipinski definition) is 7. The fourth-order valence-corrected chi connectivity index (χ4v) is 3.88. The first-order valence-corrected chi connectivity index (χ1v) is 11.1. The Morgan fingerprint density at radius 2 is 1.74 bits per heavy atom. The summed E-state index contributed by atoms with van der Waals surface area (Å²) in [5.74, 6) is 1.24. The van der Waals surface area contributed by atoms with Crippen molar-refractivity contribution >= 4 is 23.2 Å². The number of nitrogens with zero attached hydrogens (tertiary/aromatic N) is 2. The van der Waals surface area contributed by atoms with E-state index in [9.17, 15) is 9.59 Å². The summed E-state index contributed by atoms with van der Waals surface area (Å²) in [6.45, 7) is 0.569. The third-order valence-electron chi connectivity index (χ3n) is 5.72. The van der Waals surface area contributed by atoms with Crippen LogP contribution < -0.4 is 29.2 Å². The molecule has 0 radical (unpaired) electrons. The first-order chi connectivity index (χ1) is 17.0. The number of hydrogen-bond donors (Lipinski definition) is 1. The average molecular weight is 478 g/mol. The van der Waals surface area contributed by atoms with Gasteiger partial charge in [0.05, 0.1) is 27.2 Å². The Labute approximate surface area is 203 Å². The minimum absolute atomic E-state index is 0.112. The summed E-state index contributed by atoms with van der Waals surface area (Å²) in [6, 6.07) is 14.1. The zero-order valence-corrected chi connectivity index (χ0v) is 19.8. The molecule has 1 fully saturated rings. The van der Waals surface area contributed by atoms with E-state index in [-0.39, 0.29) is 24.8 Å². The average Bonchev–Trinajstić information content (AvgIpc) is 3.29. The number of aromatic nitrogens is 1. The number of nitrogens with one attached hydrogen (secondary N) is 1. The lowest BCUT2D eigenvalue weighted by Gasteiger charge is -2.19. The number of anilines is 2. The van der Waals surface area contributed by atoms with Gasteiger partial charge in [-0.3, -0.25) is 14.6 Å². The Balaban J connectivity index is 1.43. The highest BCUT2D eigenvalue weighted by atomic mass is 16.5. The summed E-state index contributed by atoms with van der Waals surface area (Å²) in [5, 5.41) is 2.90. The number of carbonyl (C=O) groups excluding carboxylic acids is 2. The minimum atomic E-state index is -0.502. The molecule has 0 bridgehead atoms. The van der Waals surface area contributed by atoms with Gasteiger partial charge in [0, 0.05) is 54.4 Å². The molecule has 35 heavy (non-hydrogen) atoms. The number of ether oxygens (including phenoxy) is 4. The lowest BCUT2D eigenvalue weighted by molar-refractivity contribution is -0.122. The summed E-state index contributed by atoms with van der Waals surface area (Å²) in [7, 11) is 4.64. The normalized spacial score (nSPS) is 15.0. The Bertz CT molecular complexity index is 1200. The molecule has 1 N–H and O–H groups in total. The van der Waals surface area contributed by atoms with Crippen LogP contribution in [-0.4, -0.2) is 44.7 Å². The van der Waals surface area contributed by atoms with Crippen LogP contribution in [-0.2, 0) is 16.2 Å². The smallest absolute Gasteiger partial charge is 0.229 e. The van der Waals surface area contributed by atoms with Crippen molar-refractivity contribution in [2.75, 3.05) is 38.1 Å². The highest BCUT2D eigenvalue weighted by molar-refractivity contribution is 6.03. The van der Waals surface area contributed by atoms with Gasteiger partial charge in [-0.05, 0) is 30.3 Å². The molecule has 1 aliphatic rings. The van der Waals surface area contributed by atoms with E-state index in [1.807, 2.05) is 12.1 Å². The zero-order valence-electron chi connectivity index (χ0n) is 19.8. The van der Waals surface area contributed by atoms with Crippen molar-refractivity contribution in [1.29, 1.82) is 0 Å². The van der Waals surface area contributed by atoms with E-state index in [1.165, 1.54) is 7.11 Å². The quantitative estimate of drug-likeness (QED) is 0.502. The predicted molar refractivity (Wildman–Crippen MR) is 130 cm³/mol. The predicted octanol–water partition coefficient (Wildman–Crippen LogP) is 3.68. The molecule has 182 valence electrons. The van der Waals surface area contributed by atoms with Gasteiger partial charge in [-0.15, -0.1) is 0 Å². The molecule has 0 saturated carbocycles. The van der Waals surface area contributed by atoms with E-state index in [2.05, 4.69) is 10.3 Å². The van der Waals surface area contributed by atoms with Crippen LogP contribution in [0.5, 0.6) is 23.0 Å². The van der Waals surface area contributed by atoms with Gasteiger partial charge in [-0.2, -0.15) is 0 Å². The van der Waals surface area contributed by atoms with E-state index >= 15 is 0 Å². The van der Waals surface area contributed by atoms with Gasteiger partial charge in [0.2, 0.25) is 11.8 Å². The summed E-state index contributed by atoms with van der Waals surface area (Å²) >= 11 is 0. The highest BCUT2D eigenvalue weighted by Crippen LogP contribution is 2.35. The second-order valence-corrected chi connectivity index (χ2v) is 7.95. The van der Waals surface area contributed by atoms with Crippen molar-refractivity contribution in [3.8, 4) is 23.0 Å². The molecule has 1 aromatic heterocycles. The molecular formula is C26H27N3O6. The summed E-state index contributed by atoms with van der Waals surface area (Å²) in [5.41, 5.74) is 2.11. The number of rotatable bonds is 9. The van der Waals surface area contributed by atoms with Gasteiger partial charge in [0.25, 0.3) is 0 Å². The van der Waals surface area contributed by atoms with Gasteiger partial charge >= 0.3 is 0 Å². The minimum Gasteiger partial charge on any atom is -0.493 e. The van der Waals surface area contributed by atoms with E-state index in [1.54, 1.807) is 67.9 Å². The molecule has 2 amide bonds. The molecule has 2 heterocycles. The van der Waals surface area contributed by atoms with Crippen molar-refractivity contribution in [1.82, 2.24) is 4.98 Å². The van der Waals surface area contributed by atoms with Crippen molar-refractivity contribution in [2.24, 2.45) is 5.92 Å². The standard InChI is InChI=1S/C26H27N3O6/c1-32-21-9-7-20(13-23(21)34-3)29-15-18(11-25(29)30)26(31)28-19-6-8-22(33-2)24(12-19)35-16-17-5-4-10-27-14-17/h4-10,12-14,18H,11,15-16H2,1-3H3,(H,28,31). The van der Waals surface area contributed by atoms with E-state index in [0.717, 1.165) is 5.56 Å². The SMILES string of the molecule is COc1ccc(N2CC(C(=O)Nc3ccc(OC)c(OCc4cccnc4)c3)CC2=O)cc1OC. The van der Waals surface area contributed by atoms with E-state index < -0.39 is 5.92 Å². The molecular weight excluding hydrogens is 450 g/mol. The summed E-state index contributed by atoms with van der Waals surface area (Å²) < 4.78 is 21.9. The van der Waals surface area contributed by atoms with Gasteiger partial charge in [-0.1, -0.05) is 6.07 Å². The fraction of sp³-hybridized carbons (Fsp3) is 0.269. The Hall–Kier alpha value is -4.27. The second kappa shape index (κ2) is 10.8. The lowest BCUT2D eigenvalue weighted by atomic mass is 10.1. The number of amides is 2. The van der Waals surface area contributed by atoms with Crippen molar-refractivity contribution in [3.05, 3.63) is 66.5 Å². The molecule has 0 aliphatic carbocycles. The van der Waals surface area contributed by atoms with Crippen LogP contribution in [0.2, 0.25) is 0 Å². The molecule has 2 aromatic carbocycles. The topological polar surface area (TPSA) is 99.2 Å². The van der Waals surface area contributed by atoms with Crippen LogP contribution in [0.3, 0.4) is 0 Å². The van der Waals surface area contributed by atoms with Crippen LogP contribution in [0.1, 0.15) is 12.0 Å². The second-order valence-electron chi connectivity index (χ2n) is 7.95. The molecule has 9 nitrogen and oxygen atoms in total. The third-order valence-corrected chi connectivity index (χ3v) is 5.72. The van der Waals surface area contributed by atoms with Crippen LogP contribution in [0.4, 0.5) is 11.4 Å². The maximum atomic E-state index is 13.0. The lowest BCUT2D eigenvalue weighted by Crippen LogP contribution is -2.28. The summed E-state index contributed by atoms with van der Waals surface area (Å²) in [6.07, 6.45) is 3.53. The maximum absolute atomic E-state index is 13.0. The number of methoxy groups -OCH3 is 3. The molecule has 3 aromatic rings. The Morgan fingerprint density at radius 3 is 2.46 bits per heavy atom. The van der Waals surface area contributed by atoms with E-state index in [4.69, 9.17) is 18.9 Å². The van der Waals surface area contributed by atoms with Crippen molar-refractivity contribution in [3.63, 3.8) is 0 Å². The maximum Gasteiger partial charge on any atom is 0.229 e. The fourth-order valence-electron chi connectivity index (χ4n) is 3.88. The van der Waals surface area contributed by atoms with E-state index in [0.29, 0.717) is 41.0 Å². The van der Waals surface area contributed by atoms with Gasteiger partial charge in [0.15, 0.2) is 23.0 Å². The molecule has 1 unspecified atom stereocenters. The van der Waals surface area contributed by atoms with Gasteiger partial charge in [-0.25, -0.2) is 0 Å². The van der Waals surface area contributed by atoms with Gasteiger partial charge < -0.3 is 29.2 Å². The zero-order chi connectivity index (χ0) is 24.8. The first-order valence-electron chi connectivity index (χ1n) is 11.1.